The van der Waals surface area contributed by atoms with Gasteiger partial charge in [0.2, 0.25) is 0 Å². The van der Waals surface area contributed by atoms with Gasteiger partial charge in [0.15, 0.2) is 0 Å². The van der Waals surface area contributed by atoms with Crippen molar-refractivity contribution in [3.8, 4) is 0 Å². The van der Waals surface area contributed by atoms with E-state index in [-0.39, 0.29) is 18.4 Å². The highest BCUT2D eigenvalue weighted by atomic mass is 35.5. The van der Waals surface area contributed by atoms with E-state index in [1.165, 1.54) is 0 Å². The average molecular weight is 345 g/mol. The normalized spacial score (nSPS) is 21.6. The SMILES string of the molecule is CCN(C)C[C@@H]1CN(C(=O)c2ccc(Cl)c(Cl)c2)C[C@@H]1CO. The van der Waals surface area contributed by atoms with Crippen LogP contribution in [0.4, 0.5) is 0 Å². The van der Waals surface area contributed by atoms with Crippen LogP contribution >= 0.6 is 23.2 Å². The van der Waals surface area contributed by atoms with Gasteiger partial charge in [0.1, 0.15) is 0 Å². The fourth-order valence-electron chi connectivity index (χ4n) is 2.86. The summed E-state index contributed by atoms with van der Waals surface area (Å²) >= 11 is 11.9. The Hall–Kier alpha value is -0.810. The van der Waals surface area contributed by atoms with Gasteiger partial charge in [-0.2, -0.15) is 0 Å². The molecule has 1 saturated heterocycles. The molecule has 6 heteroatoms. The van der Waals surface area contributed by atoms with Crippen LogP contribution in [0.15, 0.2) is 18.2 Å². The largest absolute Gasteiger partial charge is 0.396 e. The average Bonchev–Trinajstić information content (AvgIpc) is 2.92. The van der Waals surface area contributed by atoms with Gasteiger partial charge in [-0.15, -0.1) is 0 Å². The fourth-order valence-corrected chi connectivity index (χ4v) is 3.16. The zero-order valence-electron chi connectivity index (χ0n) is 12.9. The molecule has 1 amide bonds. The third-order valence-corrected chi connectivity index (χ3v) is 5.09. The van der Waals surface area contributed by atoms with Crippen LogP contribution in [0.1, 0.15) is 17.3 Å². The Bertz CT molecular complexity index is 539. The predicted molar refractivity (Wildman–Crippen MR) is 89.6 cm³/mol. The first-order chi connectivity index (χ1) is 10.5. The highest BCUT2D eigenvalue weighted by molar-refractivity contribution is 6.42. The van der Waals surface area contributed by atoms with Crippen molar-refractivity contribution in [3.05, 3.63) is 33.8 Å². The first kappa shape index (κ1) is 17.5. The van der Waals surface area contributed by atoms with Crippen molar-refractivity contribution in [2.24, 2.45) is 11.8 Å². The van der Waals surface area contributed by atoms with Crippen molar-refractivity contribution in [3.63, 3.8) is 0 Å². The number of halogens is 2. The summed E-state index contributed by atoms with van der Waals surface area (Å²) in [5.74, 6) is 0.362. The van der Waals surface area contributed by atoms with E-state index in [1.807, 2.05) is 0 Å². The van der Waals surface area contributed by atoms with Gasteiger partial charge in [0.05, 0.1) is 10.0 Å². The van der Waals surface area contributed by atoms with E-state index < -0.39 is 0 Å². The lowest BCUT2D eigenvalue weighted by Crippen LogP contribution is -2.32. The highest BCUT2D eigenvalue weighted by Gasteiger charge is 2.35. The number of carbonyl (C=O) groups is 1. The first-order valence-electron chi connectivity index (χ1n) is 7.50. The molecule has 1 fully saturated rings. The van der Waals surface area contributed by atoms with E-state index in [4.69, 9.17) is 23.2 Å². The Morgan fingerprint density at radius 2 is 2.00 bits per heavy atom. The number of hydrogen-bond acceptors (Lipinski definition) is 3. The summed E-state index contributed by atoms with van der Waals surface area (Å²) in [6.07, 6.45) is 0. The lowest BCUT2D eigenvalue weighted by molar-refractivity contribution is 0.0779. The molecule has 0 unspecified atom stereocenters. The molecule has 0 bridgehead atoms. The number of carbonyl (C=O) groups excluding carboxylic acids is 1. The molecule has 2 rings (SSSR count). The maximum atomic E-state index is 12.6. The number of aliphatic hydroxyl groups excluding tert-OH is 1. The summed E-state index contributed by atoms with van der Waals surface area (Å²) in [4.78, 5) is 16.6. The molecule has 1 aliphatic rings. The van der Waals surface area contributed by atoms with Crippen LogP contribution in [-0.2, 0) is 0 Å². The van der Waals surface area contributed by atoms with Gasteiger partial charge in [-0.05, 0) is 37.7 Å². The molecule has 1 aromatic rings. The molecule has 1 heterocycles. The molecule has 0 aromatic heterocycles. The standard InChI is InChI=1S/C16H22Cl2N2O2/c1-3-19(2)7-12-8-20(9-13(12)10-21)16(22)11-4-5-14(17)15(18)6-11/h4-6,12-13,21H,3,7-10H2,1-2H3/t12-,13-/m1/s1. The first-order valence-corrected chi connectivity index (χ1v) is 8.25. The lowest BCUT2D eigenvalue weighted by atomic mass is 9.96. The number of benzene rings is 1. The van der Waals surface area contributed by atoms with Crippen molar-refractivity contribution >= 4 is 29.1 Å². The Morgan fingerprint density at radius 1 is 1.32 bits per heavy atom. The number of nitrogens with zero attached hydrogens (tertiary/aromatic N) is 2. The van der Waals surface area contributed by atoms with Crippen LogP contribution in [0, 0.1) is 11.8 Å². The zero-order chi connectivity index (χ0) is 16.3. The zero-order valence-corrected chi connectivity index (χ0v) is 14.4. The molecular weight excluding hydrogens is 323 g/mol. The number of amides is 1. The minimum Gasteiger partial charge on any atom is -0.396 e. The Morgan fingerprint density at radius 3 is 2.59 bits per heavy atom. The second-order valence-electron chi connectivity index (χ2n) is 5.90. The second-order valence-corrected chi connectivity index (χ2v) is 6.71. The third-order valence-electron chi connectivity index (χ3n) is 4.35. The lowest BCUT2D eigenvalue weighted by Gasteiger charge is -2.22. The summed E-state index contributed by atoms with van der Waals surface area (Å²) in [6.45, 7) is 5.28. The third kappa shape index (κ3) is 3.93. The molecule has 0 saturated carbocycles. The second kappa shape index (κ2) is 7.64. The predicted octanol–water partition coefficient (Wildman–Crippen LogP) is 2.63. The van der Waals surface area contributed by atoms with Crippen LogP contribution in [0.5, 0.6) is 0 Å². The van der Waals surface area contributed by atoms with Crippen molar-refractivity contribution in [2.45, 2.75) is 6.92 Å². The van der Waals surface area contributed by atoms with E-state index in [0.717, 1.165) is 13.1 Å². The molecule has 0 radical (unpaired) electrons. The van der Waals surface area contributed by atoms with Crippen LogP contribution in [0.25, 0.3) is 0 Å². The number of likely N-dealkylation sites (tertiary alicyclic amines) is 1. The van der Waals surface area contributed by atoms with E-state index in [1.54, 1.807) is 23.1 Å². The molecule has 0 spiro atoms. The van der Waals surface area contributed by atoms with Gasteiger partial charge in [-0.25, -0.2) is 0 Å². The van der Waals surface area contributed by atoms with Gasteiger partial charge in [-0.3, -0.25) is 4.79 Å². The quantitative estimate of drug-likeness (QED) is 0.892. The van der Waals surface area contributed by atoms with Gasteiger partial charge in [0.25, 0.3) is 5.91 Å². The maximum Gasteiger partial charge on any atom is 0.253 e. The van der Waals surface area contributed by atoms with Crippen LogP contribution in [-0.4, -0.2) is 60.6 Å². The Balaban J connectivity index is 2.09. The Kier molecular flexibility index (Phi) is 6.09. The van der Waals surface area contributed by atoms with Crippen LogP contribution in [0.2, 0.25) is 10.0 Å². The molecule has 122 valence electrons. The molecule has 1 aliphatic heterocycles. The summed E-state index contributed by atoms with van der Waals surface area (Å²) in [5, 5.41) is 10.4. The Labute approximate surface area is 141 Å². The molecule has 4 nitrogen and oxygen atoms in total. The smallest absolute Gasteiger partial charge is 0.253 e. The minimum atomic E-state index is -0.0568. The van der Waals surface area contributed by atoms with Crippen LogP contribution < -0.4 is 0 Å². The van der Waals surface area contributed by atoms with Crippen molar-refractivity contribution in [2.75, 3.05) is 39.8 Å². The van der Waals surface area contributed by atoms with E-state index >= 15 is 0 Å². The summed E-state index contributed by atoms with van der Waals surface area (Å²) < 4.78 is 0. The maximum absolute atomic E-state index is 12.6. The molecule has 0 aliphatic carbocycles. The van der Waals surface area contributed by atoms with Crippen molar-refractivity contribution < 1.29 is 9.90 Å². The van der Waals surface area contributed by atoms with Crippen molar-refractivity contribution in [1.29, 1.82) is 0 Å². The van der Waals surface area contributed by atoms with Gasteiger partial charge in [-0.1, -0.05) is 30.1 Å². The van der Waals surface area contributed by atoms with Crippen LogP contribution in [0.3, 0.4) is 0 Å². The molecule has 22 heavy (non-hydrogen) atoms. The summed E-state index contributed by atoms with van der Waals surface area (Å²) in [5.41, 5.74) is 0.538. The molecule has 1 N–H and O–H groups in total. The summed E-state index contributed by atoms with van der Waals surface area (Å²) in [6, 6.07) is 4.93. The van der Waals surface area contributed by atoms with E-state index in [2.05, 4.69) is 18.9 Å². The van der Waals surface area contributed by atoms with Gasteiger partial charge < -0.3 is 14.9 Å². The molecular formula is C16H22Cl2N2O2. The number of rotatable bonds is 5. The topological polar surface area (TPSA) is 43.8 Å². The fraction of sp³-hybridized carbons (Fsp3) is 0.562. The van der Waals surface area contributed by atoms with E-state index in [0.29, 0.717) is 34.6 Å². The van der Waals surface area contributed by atoms with Gasteiger partial charge in [0, 0.05) is 37.7 Å². The minimum absolute atomic E-state index is 0.0568. The monoisotopic (exact) mass is 344 g/mol. The number of aliphatic hydroxyl groups is 1. The van der Waals surface area contributed by atoms with Gasteiger partial charge >= 0.3 is 0 Å². The molecule has 2 atom stereocenters. The number of hydrogen-bond donors (Lipinski definition) is 1. The summed E-state index contributed by atoms with van der Waals surface area (Å²) in [7, 11) is 2.05. The highest BCUT2D eigenvalue weighted by Crippen LogP contribution is 2.27. The molecule has 1 aromatic carbocycles. The van der Waals surface area contributed by atoms with Crippen molar-refractivity contribution in [1.82, 2.24) is 9.80 Å². The van der Waals surface area contributed by atoms with E-state index in [9.17, 15) is 9.90 Å².